The molecule has 120 valence electrons. The number of hydrogen-bond donors (Lipinski definition) is 1. The maximum absolute atomic E-state index is 11.4. The molecule has 0 aliphatic heterocycles. The van der Waals surface area contributed by atoms with E-state index in [4.69, 9.17) is 19.3 Å². The van der Waals surface area contributed by atoms with Crippen LogP contribution in [0.2, 0.25) is 0 Å². The maximum Gasteiger partial charge on any atom is 0.209 e. The maximum atomic E-state index is 11.4. The van der Waals surface area contributed by atoms with Gasteiger partial charge in [0.05, 0.1) is 38.8 Å². The molecule has 0 aromatic heterocycles. The molecule has 0 radical (unpaired) electrons. The van der Waals surface area contributed by atoms with Crippen LogP contribution in [-0.4, -0.2) is 54.3 Å². The summed E-state index contributed by atoms with van der Waals surface area (Å²) in [6.07, 6.45) is 4.99. The molecular formula is C13H27NO5S. The molecule has 1 aliphatic carbocycles. The van der Waals surface area contributed by atoms with Gasteiger partial charge in [-0.2, -0.15) is 0 Å². The average Bonchev–Trinajstić information content (AvgIpc) is 2.37. The molecule has 0 bridgehead atoms. The molecule has 1 aliphatic rings. The lowest BCUT2D eigenvalue weighted by Gasteiger charge is -2.36. The molecule has 1 fully saturated rings. The summed E-state index contributed by atoms with van der Waals surface area (Å²) in [5, 5.41) is 5.21. The highest BCUT2D eigenvalue weighted by Gasteiger charge is 2.35. The first-order chi connectivity index (χ1) is 9.47. The molecule has 0 amide bonds. The van der Waals surface area contributed by atoms with Gasteiger partial charge in [-0.25, -0.2) is 13.6 Å². The van der Waals surface area contributed by atoms with Crippen LogP contribution in [0.4, 0.5) is 0 Å². The molecule has 1 saturated carbocycles. The summed E-state index contributed by atoms with van der Waals surface area (Å²) in [6, 6.07) is 0. The number of sulfonamides is 1. The average molecular weight is 309 g/mol. The van der Waals surface area contributed by atoms with Crippen molar-refractivity contribution in [2.75, 3.05) is 45.9 Å². The zero-order valence-corrected chi connectivity index (χ0v) is 13.1. The summed E-state index contributed by atoms with van der Waals surface area (Å²) >= 11 is 0. The molecule has 0 aromatic carbocycles. The van der Waals surface area contributed by atoms with Gasteiger partial charge in [-0.3, -0.25) is 0 Å². The molecule has 0 aromatic rings. The molecule has 2 N–H and O–H groups in total. The highest BCUT2D eigenvalue weighted by molar-refractivity contribution is 7.89. The van der Waals surface area contributed by atoms with Crippen LogP contribution in [0.5, 0.6) is 0 Å². The number of hydrogen-bond acceptors (Lipinski definition) is 5. The summed E-state index contributed by atoms with van der Waals surface area (Å²) in [6.45, 7) is 2.51. The van der Waals surface area contributed by atoms with E-state index in [1.165, 1.54) is 0 Å². The van der Waals surface area contributed by atoms with E-state index in [0.29, 0.717) is 33.0 Å². The molecule has 1 rings (SSSR count). The van der Waals surface area contributed by atoms with Gasteiger partial charge >= 0.3 is 0 Å². The van der Waals surface area contributed by atoms with Crippen molar-refractivity contribution in [2.45, 2.75) is 32.1 Å². The van der Waals surface area contributed by atoms with Gasteiger partial charge in [0.25, 0.3) is 0 Å². The Labute approximate surface area is 122 Å². The van der Waals surface area contributed by atoms with Crippen molar-refractivity contribution in [1.82, 2.24) is 0 Å². The molecule has 20 heavy (non-hydrogen) atoms. The number of nitrogens with two attached hydrogens (primary N) is 1. The first-order valence-corrected chi connectivity index (χ1v) is 8.84. The Balaban J connectivity index is 2.30. The Morgan fingerprint density at radius 2 is 1.60 bits per heavy atom. The second-order valence-electron chi connectivity index (χ2n) is 5.53. The quantitative estimate of drug-likeness (QED) is 0.606. The lowest BCUT2D eigenvalue weighted by molar-refractivity contribution is -0.00964. The van der Waals surface area contributed by atoms with Gasteiger partial charge in [0.15, 0.2) is 0 Å². The molecular weight excluding hydrogens is 282 g/mol. The number of methoxy groups -OCH3 is 1. The zero-order valence-electron chi connectivity index (χ0n) is 12.3. The molecule has 6 nitrogen and oxygen atoms in total. The van der Waals surface area contributed by atoms with Crippen molar-refractivity contribution in [3.63, 3.8) is 0 Å². The van der Waals surface area contributed by atoms with E-state index in [1.54, 1.807) is 7.11 Å². The Hall–Kier alpha value is -0.210. The third-order valence-corrected chi connectivity index (χ3v) is 4.65. The van der Waals surface area contributed by atoms with Crippen LogP contribution in [0, 0.1) is 5.41 Å². The van der Waals surface area contributed by atoms with E-state index in [0.717, 1.165) is 32.1 Å². The second-order valence-corrected chi connectivity index (χ2v) is 7.14. The minimum absolute atomic E-state index is 0.0184. The molecule has 0 unspecified atom stereocenters. The van der Waals surface area contributed by atoms with E-state index >= 15 is 0 Å². The van der Waals surface area contributed by atoms with Crippen LogP contribution >= 0.6 is 0 Å². The monoisotopic (exact) mass is 309 g/mol. The predicted octanol–water partition coefficient (Wildman–Crippen LogP) is 0.905. The highest BCUT2D eigenvalue weighted by atomic mass is 32.2. The van der Waals surface area contributed by atoms with Crippen LogP contribution in [0.25, 0.3) is 0 Å². The van der Waals surface area contributed by atoms with E-state index in [2.05, 4.69) is 0 Å². The van der Waals surface area contributed by atoms with Gasteiger partial charge < -0.3 is 14.2 Å². The van der Waals surface area contributed by atoms with E-state index in [1.807, 2.05) is 0 Å². The summed E-state index contributed by atoms with van der Waals surface area (Å²) in [5.41, 5.74) is -0.307. The Kier molecular flexibility index (Phi) is 7.98. The minimum Gasteiger partial charge on any atom is -0.382 e. The fraction of sp³-hybridized carbons (Fsp3) is 1.00. The standard InChI is InChI=1S/C13H27NO5S/c1-17-7-8-18-9-10-19-11-13(12-20(14,15)16)5-3-2-4-6-13/h2-12H2,1H3,(H2,14,15,16). The first kappa shape index (κ1) is 17.8. The van der Waals surface area contributed by atoms with Gasteiger partial charge in [-0.15, -0.1) is 0 Å². The summed E-state index contributed by atoms with van der Waals surface area (Å²) < 4.78 is 38.6. The fourth-order valence-corrected chi connectivity index (χ4v) is 3.94. The van der Waals surface area contributed by atoms with E-state index < -0.39 is 10.0 Å². The predicted molar refractivity (Wildman–Crippen MR) is 77.0 cm³/mol. The first-order valence-electron chi connectivity index (χ1n) is 7.12. The Bertz CT molecular complexity index is 352. The lowest BCUT2D eigenvalue weighted by atomic mass is 9.76. The molecule has 0 atom stereocenters. The summed E-state index contributed by atoms with van der Waals surface area (Å²) in [7, 11) is -1.84. The Morgan fingerprint density at radius 3 is 2.20 bits per heavy atom. The van der Waals surface area contributed by atoms with Crippen molar-refractivity contribution in [3.05, 3.63) is 0 Å². The van der Waals surface area contributed by atoms with Crippen molar-refractivity contribution >= 4 is 10.0 Å². The van der Waals surface area contributed by atoms with Crippen LogP contribution in [0.15, 0.2) is 0 Å². The van der Waals surface area contributed by atoms with Crippen molar-refractivity contribution in [3.8, 4) is 0 Å². The third kappa shape index (κ3) is 7.54. The summed E-state index contributed by atoms with van der Waals surface area (Å²) in [4.78, 5) is 0. The van der Waals surface area contributed by atoms with Crippen LogP contribution in [-0.2, 0) is 24.2 Å². The largest absolute Gasteiger partial charge is 0.382 e. The normalized spacial score (nSPS) is 19.1. The van der Waals surface area contributed by atoms with Gasteiger partial charge in [0, 0.05) is 12.5 Å². The van der Waals surface area contributed by atoms with Gasteiger partial charge in [0.1, 0.15) is 0 Å². The lowest BCUT2D eigenvalue weighted by Crippen LogP contribution is -2.39. The summed E-state index contributed by atoms with van der Waals surface area (Å²) in [5.74, 6) is 0.0184. The van der Waals surface area contributed by atoms with Gasteiger partial charge in [-0.05, 0) is 12.8 Å². The molecule has 7 heteroatoms. The van der Waals surface area contributed by atoms with Gasteiger partial charge in [0.2, 0.25) is 10.0 Å². The number of rotatable bonds is 10. The Morgan fingerprint density at radius 1 is 1.00 bits per heavy atom. The molecule has 0 saturated heterocycles. The zero-order chi connectivity index (χ0) is 14.9. The van der Waals surface area contributed by atoms with Crippen molar-refractivity contribution < 1.29 is 22.6 Å². The van der Waals surface area contributed by atoms with Crippen LogP contribution in [0.3, 0.4) is 0 Å². The molecule has 0 heterocycles. The van der Waals surface area contributed by atoms with Crippen LogP contribution in [0.1, 0.15) is 32.1 Å². The highest BCUT2D eigenvalue weighted by Crippen LogP contribution is 2.37. The number of primary sulfonamides is 1. The third-order valence-electron chi connectivity index (χ3n) is 3.63. The smallest absolute Gasteiger partial charge is 0.209 e. The number of ether oxygens (including phenoxy) is 3. The van der Waals surface area contributed by atoms with E-state index in [9.17, 15) is 8.42 Å². The topological polar surface area (TPSA) is 87.8 Å². The second kappa shape index (κ2) is 8.94. The SMILES string of the molecule is COCCOCCOCC1(CS(N)(=O)=O)CCCCC1. The van der Waals surface area contributed by atoms with Crippen LogP contribution < -0.4 is 5.14 Å². The van der Waals surface area contributed by atoms with Crippen molar-refractivity contribution in [1.29, 1.82) is 0 Å². The van der Waals surface area contributed by atoms with Crippen molar-refractivity contribution in [2.24, 2.45) is 10.6 Å². The minimum atomic E-state index is -3.46. The van der Waals surface area contributed by atoms with Gasteiger partial charge in [-0.1, -0.05) is 19.3 Å². The molecule has 0 spiro atoms. The van der Waals surface area contributed by atoms with E-state index in [-0.39, 0.29) is 11.2 Å². The fourth-order valence-electron chi connectivity index (χ4n) is 2.71.